The van der Waals surface area contributed by atoms with Gasteiger partial charge in [-0.1, -0.05) is 30.3 Å². The van der Waals surface area contributed by atoms with Gasteiger partial charge in [-0.2, -0.15) is 0 Å². The number of benzene rings is 2. The summed E-state index contributed by atoms with van der Waals surface area (Å²) in [5, 5.41) is 5.71. The first-order valence-electron chi connectivity index (χ1n) is 8.80. The van der Waals surface area contributed by atoms with Crippen LogP contribution in [0.25, 0.3) is 0 Å². The molecule has 0 unspecified atom stereocenters. The van der Waals surface area contributed by atoms with Crippen molar-refractivity contribution >= 4 is 11.7 Å². The molecule has 0 radical (unpaired) electrons. The number of ether oxygens (including phenoxy) is 2. The molecule has 1 aliphatic rings. The van der Waals surface area contributed by atoms with Gasteiger partial charge >= 0.3 is 6.03 Å². The number of hydrogen-bond donors (Lipinski definition) is 2. The molecule has 0 atom stereocenters. The van der Waals surface area contributed by atoms with Crippen molar-refractivity contribution in [3.05, 3.63) is 59.7 Å². The molecule has 26 heavy (non-hydrogen) atoms. The maximum Gasteiger partial charge on any atom is 0.319 e. The van der Waals surface area contributed by atoms with Crippen molar-refractivity contribution in [2.24, 2.45) is 0 Å². The number of morpholine rings is 1. The fraction of sp³-hybridized carbons (Fsp3) is 0.350. The fourth-order valence-corrected chi connectivity index (χ4v) is 2.91. The normalized spacial score (nSPS) is 14.7. The Labute approximate surface area is 154 Å². The van der Waals surface area contributed by atoms with Gasteiger partial charge in [0.25, 0.3) is 0 Å². The van der Waals surface area contributed by atoms with E-state index in [0.29, 0.717) is 18.0 Å². The predicted octanol–water partition coefficient (Wildman–Crippen LogP) is 2.85. The summed E-state index contributed by atoms with van der Waals surface area (Å²) in [5.41, 5.74) is 3.03. The molecule has 1 heterocycles. The van der Waals surface area contributed by atoms with Crippen molar-refractivity contribution in [2.45, 2.75) is 13.1 Å². The molecule has 3 rings (SSSR count). The molecule has 2 aromatic carbocycles. The lowest BCUT2D eigenvalue weighted by Gasteiger charge is -2.26. The standard InChI is InChI=1S/C20H25N3O3/c1-25-19-7-3-6-18(13-19)22-20(24)21-14-16-4-2-5-17(12-16)15-23-8-10-26-11-9-23/h2-7,12-13H,8-11,14-15H2,1H3,(H2,21,22,24). The van der Waals surface area contributed by atoms with Crippen molar-refractivity contribution in [2.75, 3.05) is 38.7 Å². The first-order valence-corrected chi connectivity index (χ1v) is 8.80. The summed E-state index contributed by atoms with van der Waals surface area (Å²) in [5.74, 6) is 0.707. The minimum absolute atomic E-state index is 0.239. The Hall–Kier alpha value is -2.57. The monoisotopic (exact) mass is 355 g/mol. The molecule has 2 N–H and O–H groups in total. The predicted molar refractivity (Wildman–Crippen MR) is 101 cm³/mol. The van der Waals surface area contributed by atoms with Gasteiger partial charge in [-0.05, 0) is 23.3 Å². The SMILES string of the molecule is COc1cccc(NC(=O)NCc2cccc(CN3CCOCC3)c2)c1. The summed E-state index contributed by atoms with van der Waals surface area (Å²) in [6.07, 6.45) is 0. The molecule has 6 nitrogen and oxygen atoms in total. The van der Waals surface area contributed by atoms with E-state index in [9.17, 15) is 4.79 Å². The summed E-state index contributed by atoms with van der Waals surface area (Å²) in [7, 11) is 1.60. The summed E-state index contributed by atoms with van der Waals surface area (Å²) in [4.78, 5) is 14.5. The lowest BCUT2D eigenvalue weighted by molar-refractivity contribution is 0.0342. The summed E-state index contributed by atoms with van der Waals surface area (Å²) < 4.78 is 10.5. The first kappa shape index (κ1) is 18.2. The van der Waals surface area contributed by atoms with E-state index in [-0.39, 0.29) is 6.03 Å². The Balaban J connectivity index is 1.50. The Kier molecular flexibility index (Phi) is 6.46. The number of hydrogen-bond acceptors (Lipinski definition) is 4. The Morgan fingerprint density at radius 1 is 1.12 bits per heavy atom. The highest BCUT2D eigenvalue weighted by Crippen LogP contribution is 2.16. The third-order valence-electron chi connectivity index (χ3n) is 4.28. The molecule has 138 valence electrons. The number of nitrogens with zero attached hydrogens (tertiary/aromatic N) is 1. The lowest BCUT2D eigenvalue weighted by Crippen LogP contribution is -2.35. The van der Waals surface area contributed by atoms with Gasteiger partial charge in [0.15, 0.2) is 0 Å². The van der Waals surface area contributed by atoms with E-state index in [2.05, 4.69) is 27.7 Å². The zero-order valence-electron chi connectivity index (χ0n) is 15.0. The van der Waals surface area contributed by atoms with E-state index < -0.39 is 0 Å². The van der Waals surface area contributed by atoms with E-state index in [1.54, 1.807) is 13.2 Å². The Morgan fingerprint density at radius 3 is 2.69 bits per heavy atom. The van der Waals surface area contributed by atoms with Crippen LogP contribution in [0, 0.1) is 0 Å². The average Bonchev–Trinajstić information content (AvgIpc) is 2.68. The molecule has 0 bridgehead atoms. The molecule has 1 saturated heterocycles. The lowest BCUT2D eigenvalue weighted by atomic mass is 10.1. The molecule has 6 heteroatoms. The van der Waals surface area contributed by atoms with Gasteiger partial charge in [0.2, 0.25) is 0 Å². The number of amides is 2. The number of urea groups is 1. The molecule has 1 aliphatic heterocycles. The fourth-order valence-electron chi connectivity index (χ4n) is 2.91. The highest BCUT2D eigenvalue weighted by molar-refractivity contribution is 5.89. The second-order valence-corrected chi connectivity index (χ2v) is 6.25. The van der Waals surface area contributed by atoms with Gasteiger partial charge in [0, 0.05) is 37.9 Å². The highest BCUT2D eigenvalue weighted by Gasteiger charge is 2.11. The topological polar surface area (TPSA) is 62.8 Å². The van der Waals surface area contributed by atoms with Crippen molar-refractivity contribution in [1.29, 1.82) is 0 Å². The third kappa shape index (κ3) is 5.47. The van der Waals surface area contributed by atoms with Crippen molar-refractivity contribution in [3.63, 3.8) is 0 Å². The van der Waals surface area contributed by atoms with Crippen LogP contribution in [0.1, 0.15) is 11.1 Å². The number of anilines is 1. The molecular formula is C20H25N3O3. The largest absolute Gasteiger partial charge is 0.497 e. The molecule has 2 aromatic rings. The molecule has 1 fully saturated rings. The number of nitrogens with one attached hydrogen (secondary N) is 2. The van der Waals surface area contributed by atoms with Gasteiger partial charge in [-0.3, -0.25) is 4.90 Å². The van der Waals surface area contributed by atoms with E-state index in [1.807, 2.05) is 30.3 Å². The van der Waals surface area contributed by atoms with Gasteiger partial charge in [-0.15, -0.1) is 0 Å². The van der Waals surface area contributed by atoms with Gasteiger partial charge < -0.3 is 20.1 Å². The van der Waals surface area contributed by atoms with E-state index in [0.717, 1.165) is 38.4 Å². The quantitative estimate of drug-likeness (QED) is 0.836. The second kappa shape index (κ2) is 9.22. The van der Waals surface area contributed by atoms with E-state index in [4.69, 9.17) is 9.47 Å². The number of rotatable bonds is 6. The van der Waals surface area contributed by atoms with E-state index >= 15 is 0 Å². The van der Waals surface area contributed by atoms with Crippen LogP contribution >= 0.6 is 0 Å². The number of methoxy groups -OCH3 is 1. The first-order chi connectivity index (χ1) is 12.7. The van der Waals surface area contributed by atoms with E-state index in [1.165, 1.54) is 5.56 Å². The van der Waals surface area contributed by atoms with Crippen LogP contribution in [-0.4, -0.2) is 44.3 Å². The minimum Gasteiger partial charge on any atom is -0.497 e. The average molecular weight is 355 g/mol. The second-order valence-electron chi connectivity index (χ2n) is 6.25. The van der Waals surface area contributed by atoms with Crippen molar-refractivity contribution in [1.82, 2.24) is 10.2 Å². The van der Waals surface area contributed by atoms with Crippen LogP contribution < -0.4 is 15.4 Å². The van der Waals surface area contributed by atoms with Crippen LogP contribution in [-0.2, 0) is 17.8 Å². The smallest absolute Gasteiger partial charge is 0.319 e. The summed E-state index contributed by atoms with van der Waals surface area (Å²) in [6.45, 7) is 4.91. The van der Waals surface area contributed by atoms with Crippen LogP contribution in [0.5, 0.6) is 5.75 Å². The molecule has 0 aromatic heterocycles. The van der Waals surface area contributed by atoms with Gasteiger partial charge in [0.1, 0.15) is 5.75 Å². The van der Waals surface area contributed by atoms with Crippen molar-refractivity contribution in [3.8, 4) is 5.75 Å². The molecular weight excluding hydrogens is 330 g/mol. The minimum atomic E-state index is -0.239. The number of carbonyl (C=O) groups excluding carboxylic acids is 1. The maximum absolute atomic E-state index is 12.1. The Morgan fingerprint density at radius 2 is 1.88 bits per heavy atom. The molecule has 0 saturated carbocycles. The zero-order valence-corrected chi connectivity index (χ0v) is 15.0. The van der Waals surface area contributed by atoms with Crippen LogP contribution in [0.15, 0.2) is 48.5 Å². The maximum atomic E-state index is 12.1. The summed E-state index contributed by atoms with van der Waals surface area (Å²) >= 11 is 0. The highest BCUT2D eigenvalue weighted by atomic mass is 16.5. The van der Waals surface area contributed by atoms with Crippen LogP contribution in [0.2, 0.25) is 0 Å². The zero-order chi connectivity index (χ0) is 18.2. The van der Waals surface area contributed by atoms with Gasteiger partial charge in [-0.25, -0.2) is 4.79 Å². The summed E-state index contributed by atoms with van der Waals surface area (Å²) in [6, 6.07) is 15.4. The van der Waals surface area contributed by atoms with Gasteiger partial charge in [0.05, 0.1) is 20.3 Å². The Bertz CT molecular complexity index is 730. The third-order valence-corrected chi connectivity index (χ3v) is 4.28. The molecule has 2 amide bonds. The van der Waals surface area contributed by atoms with Crippen molar-refractivity contribution < 1.29 is 14.3 Å². The molecule has 0 spiro atoms. The molecule has 0 aliphatic carbocycles. The van der Waals surface area contributed by atoms with Crippen LogP contribution in [0.3, 0.4) is 0 Å². The van der Waals surface area contributed by atoms with Crippen LogP contribution in [0.4, 0.5) is 10.5 Å². The number of carbonyl (C=O) groups is 1.